The standard InChI is InChI=1S/C15H14N2O2S/c1-19-7-6-16-14(18)13-9-11-8-10-4-2-3-5-12(10)17-15(11)20-13/h2-5,8-9H,6-7H2,1H3,(H,16,18). The van der Waals surface area contributed by atoms with Gasteiger partial charge in [0, 0.05) is 24.4 Å². The number of fused-ring (bicyclic) bond motifs is 2. The zero-order chi connectivity index (χ0) is 13.9. The highest BCUT2D eigenvalue weighted by atomic mass is 32.1. The van der Waals surface area contributed by atoms with Crippen molar-refractivity contribution in [2.24, 2.45) is 0 Å². The van der Waals surface area contributed by atoms with Crippen molar-refractivity contribution in [3.8, 4) is 0 Å². The molecule has 0 aliphatic rings. The summed E-state index contributed by atoms with van der Waals surface area (Å²) in [5.41, 5.74) is 0.952. The molecule has 0 radical (unpaired) electrons. The minimum atomic E-state index is -0.0749. The first-order valence-corrected chi connectivity index (χ1v) is 7.16. The smallest absolute Gasteiger partial charge is 0.261 e. The van der Waals surface area contributed by atoms with Crippen LogP contribution in [-0.4, -0.2) is 31.2 Å². The van der Waals surface area contributed by atoms with Crippen molar-refractivity contribution >= 4 is 38.4 Å². The van der Waals surface area contributed by atoms with E-state index in [0.29, 0.717) is 18.0 Å². The number of carbonyl (C=O) groups is 1. The fourth-order valence-electron chi connectivity index (χ4n) is 2.04. The summed E-state index contributed by atoms with van der Waals surface area (Å²) in [4.78, 5) is 18.2. The summed E-state index contributed by atoms with van der Waals surface area (Å²) in [6.07, 6.45) is 0. The number of nitrogens with zero attached hydrogens (tertiary/aromatic N) is 1. The van der Waals surface area contributed by atoms with Gasteiger partial charge in [-0.15, -0.1) is 11.3 Å². The molecule has 3 rings (SSSR count). The fourth-order valence-corrected chi connectivity index (χ4v) is 2.98. The van der Waals surface area contributed by atoms with Crippen molar-refractivity contribution in [3.63, 3.8) is 0 Å². The van der Waals surface area contributed by atoms with Crippen LogP contribution in [0.5, 0.6) is 0 Å². The van der Waals surface area contributed by atoms with Gasteiger partial charge in [-0.05, 0) is 18.2 Å². The Morgan fingerprint density at radius 1 is 1.30 bits per heavy atom. The molecule has 0 saturated heterocycles. The Hall–Kier alpha value is -1.98. The molecule has 2 heterocycles. The van der Waals surface area contributed by atoms with Crippen LogP contribution < -0.4 is 5.32 Å². The number of hydrogen-bond donors (Lipinski definition) is 1. The second-order valence-corrected chi connectivity index (χ2v) is 5.47. The normalized spacial score (nSPS) is 11.1. The van der Waals surface area contributed by atoms with Crippen LogP contribution in [-0.2, 0) is 4.74 Å². The van der Waals surface area contributed by atoms with Crippen LogP contribution in [0.15, 0.2) is 36.4 Å². The van der Waals surface area contributed by atoms with Crippen LogP contribution in [0.25, 0.3) is 21.1 Å². The highest BCUT2D eigenvalue weighted by molar-refractivity contribution is 7.20. The van der Waals surface area contributed by atoms with E-state index in [-0.39, 0.29) is 5.91 Å². The topological polar surface area (TPSA) is 51.2 Å². The van der Waals surface area contributed by atoms with Gasteiger partial charge in [0.25, 0.3) is 5.91 Å². The zero-order valence-electron chi connectivity index (χ0n) is 11.1. The SMILES string of the molecule is COCCNC(=O)c1cc2cc3ccccc3nc2s1. The Bertz CT molecular complexity index is 714. The molecule has 20 heavy (non-hydrogen) atoms. The Morgan fingerprint density at radius 3 is 3.00 bits per heavy atom. The van der Waals surface area contributed by atoms with Gasteiger partial charge in [0.05, 0.1) is 17.0 Å². The van der Waals surface area contributed by atoms with E-state index in [4.69, 9.17) is 4.74 Å². The second kappa shape index (κ2) is 5.56. The van der Waals surface area contributed by atoms with Crippen molar-refractivity contribution in [1.82, 2.24) is 10.3 Å². The molecule has 0 aliphatic heterocycles. The van der Waals surface area contributed by atoms with Crippen molar-refractivity contribution in [2.75, 3.05) is 20.3 Å². The lowest BCUT2D eigenvalue weighted by molar-refractivity contribution is 0.0941. The first kappa shape index (κ1) is 13.0. The van der Waals surface area contributed by atoms with Gasteiger partial charge in [0.1, 0.15) is 4.83 Å². The molecule has 2 aromatic heterocycles. The van der Waals surface area contributed by atoms with Crippen molar-refractivity contribution in [1.29, 1.82) is 0 Å². The van der Waals surface area contributed by atoms with Crippen molar-refractivity contribution in [2.45, 2.75) is 0 Å². The number of amides is 1. The van der Waals surface area contributed by atoms with Crippen LogP contribution in [0.3, 0.4) is 0 Å². The third-order valence-corrected chi connectivity index (χ3v) is 4.07. The maximum absolute atomic E-state index is 12.0. The Kier molecular flexibility index (Phi) is 3.62. The minimum absolute atomic E-state index is 0.0749. The molecule has 1 aromatic carbocycles. The average Bonchev–Trinajstić information content (AvgIpc) is 2.87. The monoisotopic (exact) mass is 286 g/mol. The summed E-state index contributed by atoms with van der Waals surface area (Å²) in [5, 5.41) is 4.91. The molecular formula is C15H14N2O2S. The molecule has 0 spiro atoms. The summed E-state index contributed by atoms with van der Waals surface area (Å²) in [5.74, 6) is -0.0749. The molecule has 4 nitrogen and oxygen atoms in total. The number of rotatable bonds is 4. The number of nitrogens with one attached hydrogen (secondary N) is 1. The summed E-state index contributed by atoms with van der Waals surface area (Å²) < 4.78 is 4.92. The number of para-hydroxylation sites is 1. The molecule has 0 aliphatic carbocycles. The van der Waals surface area contributed by atoms with Gasteiger partial charge in [0.15, 0.2) is 0 Å². The van der Waals surface area contributed by atoms with Gasteiger partial charge in [-0.3, -0.25) is 4.79 Å². The zero-order valence-corrected chi connectivity index (χ0v) is 11.9. The first-order chi connectivity index (χ1) is 9.78. The van der Waals surface area contributed by atoms with E-state index in [0.717, 1.165) is 21.1 Å². The molecular weight excluding hydrogens is 272 g/mol. The second-order valence-electron chi connectivity index (χ2n) is 4.43. The maximum Gasteiger partial charge on any atom is 0.261 e. The van der Waals surface area contributed by atoms with Crippen LogP contribution in [0.4, 0.5) is 0 Å². The number of benzene rings is 1. The molecule has 1 N–H and O–H groups in total. The Morgan fingerprint density at radius 2 is 2.15 bits per heavy atom. The largest absolute Gasteiger partial charge is 0.383 e. The number of aromatic nitrogens is 1. The highest BCUT2D eigenvalue weighted by Gasteiger charge is 2.11. The lowest BCUT2D eigenvalue weighted by atomic mass is 10.2. The number of carbonyl (C=O) groups excluding carboxylic acids is 1. The Labute approximate surface area is 120 Å². The summed E-state index contributed by atoms with van der Waals surface area (Å²) in [6, 6.07) is 11.9. The fraction of sp³-hybridized carbons (Fsp3) is 0.200. The lowest BCUT2D eigenvalue weighted by Gasteiger charge is -2.00. The van der Waals surface area contributed by atoms with Gasteiger partial charge >= 0.3 is 0 Å². The molecule has 0 unspecified atom stereocenters. The molecule has 0 atom stereocenters. The van der Waals surface area contributed by atoms with Gasteiger partial charge in [0.2, 0.25) is 0 Å². The number of ether oxygens (including phenoxy) is 1. The Balaban J connectivity index is 1.93. The average molecular weight is 286 g/mol. The summed E-state index contributed by atoms with van der Waals surface area (Å²) >= 11 is 1.41. The van der Waals surface area contributed by atoms with Gasteiger partial charge in [-0.25, -0.2) is 4.98 Å². The summed E-state index contributed by atoms with van der Waals surface area (Å²) in [6.45, 7) is 1.03. The summed E-state index contributed by atoms with van der Waals surface area (Å²) in [7, 11) is 1.61. The van der Waals surface area contributed by atoms with Crippen molar-refractivity contribution in [3.05, 3.63) is 41.3 Å². The number of thiophene rings is 1. The number of methoxy groups -OCH3 is 1. The van der Waals surface area contributed by atoms with Crippen LogP contribution in [0, 0.1) is 0 Å². The maximum atomic E-state index is 12.0. The molecule has 102 valence electrons. The third kappa shape index (κ3) is 2.50. The van der Waals surface area contributed by atoms with Crippen LogP contribution in [0.1, 0.15) is 9.67 Å². The third-order valence-electron chi connectivity index (χ3n) is 3.03. The quantitative estimate of drug-likeness (QED) is 0.750. The van der Waals surface area contributed by atoms with Crippen LogP contribution in [0.2, 0.25) is 0 Å². The van der Waals surface area contributed by atoms with Crippen molar-refractivity contribution < 1.29 is 9.53 Å². The number of pyridine rings is 1. The lowest BCUT2D eigenvalue weighted by Crippen LogP contribution is -2.26. The predicted molar refractivity (Wildman–Crippen MR) is 81.3 cm³/mol. The molecule has 3 aromatic rings. The molecule has 1 amide bonds. The van der Waals surface area contributed by atoms with E-state index >= 15 is 0 Å². The van der Waals surface area contributed by atoms with E-state index in [9.17, 15) is 4.79 Å². The van der Waals surface area contributed by atoms with E-state index in [1.54, 1.807) is 7.11 Å². The van der Waals surface area contributed by atoms with E-state index in [1.165, 1.54) is 11.3 Å². The van der Waals surface area contributed by atoms with E-state index in [1.807, 2.05) is 30.3 Å². The van der Waals surface area contributed by atoms with E-state index in [2.05, 4.69) is 16.4 Å². The predicted octanol–water partition coefficient (Wildman–Crippen LogP) is 2.83. The van der Waals surface area contributed by atoms with Crippen LogP contribution >= 0.6 is 11.3 Å². The molecule has 0 saturated carbocycles. The van der Waals surface area contributed by atoms with E-state index < -0.39 is 0 Å². The number of hydrogen-bond acceptors (Lipinski definition) is 4. The van der Waals surface area contributed by atoms with Gasteiger partial charge in [-0.2, -0.15) is 0 Å². The van der Waals surface area contributed by atoms with Gasteiger partial charge < -0.3 is 10.1 Å². The molecule has 0 bridgehead atoms. The van der Waals surface area contributed by atoms with Gasteiger partial charge in [-0.1, -0.05) is 18.2 Å². The molecule has 5 heteroatoms. The first-order valence-electron chi connectivity index (χ1n) is 6.34. The minimum Gasteiger partial charge on any atom is -0.383 e. The molecule has 0 fully saturated rings. The highest BCUT2D eigenvalue weighted by Crippen LogP contribution is 2.27.